The minimum Gasteiger partial charge on any atom is -0.495 e. The molecular formula is C84H124N12O19P2. The maximum atomic E-state index is 13.7. The Bertz CT molecular complexity index is 4260. The first kappa shape index (κ1) is 94.7. The first-order valence-corrected chi connectivity index (χ1v) is 45.1. The summed E-state index contributed by atoms with van der Waals surface area (Å²) in [6.07, 6.45) is 30.2. The molecule has 6 heterocycles. The average molecular weight is 1670 g/mol. The topological polar surface area (TPSA) is 465 Å². The summed E-state index contributed by atoms with van der Waals surface area (Å²) in [6.45, 7) is 3.55. The van der Waals surface area contributed by atoms with E-state index in [0.717, 1.165) is 96.3 Å². The Morgan fingerprint density at radius 1 is 0.496 bits per heavy atom. The van der Waals surface area contributed by atoms with Gasteiger partial charge in [0.1, 0.15) is 144 Å². The number of methoxy groups -OCH3 is 1. The Kier molecular flexibility index (Phi) is 39.7. The van der Waals surface area contributed by atoms with Crippen LogP contribution in [-0.4, -0.2) is 153 Å². The summed E-state index contributed by atoms with van der Waals surface area (Å²) in [7, 11) is -8.49. The second-order valence-corrected chi connectivity index (χ2v) is 34.0. The molecule has 0 aliphatic carbocycles. The standard InChI is InChI=1S/C84H124N12O19P2/c1-5-6-7-8-9-10-11-12-13-15-18-22-25-28-31-34-37-40-65(54-108-117(103,104)110-58-84(56-88)80(100)76(98)78(115-84)69-44-46-71-82(90)92-60-94-96(69)71)113-66-49-73(105-4)67(52-86)74(50-66)106-47-38-35-32-29-26-23-20-17-14-16-19-21-24-27-30-33-36-39-64(112-63-42-41-62(51-85)72(48-63)111-61(2)3)53-107-116(101,102)109-57-83(55-87)79(99)75(97)77(114-83)68-43-45-70-81(89)91-59-93-95(68)70/h41-46,48-50,59-61,64-65,75-80,97-100H,5-40,47,53-54,57-58H2,1-4H3,(H,101,102)(H,103,104)(H2,89,91,93)(H2,90,92,94)/t64-,65-,75+,76+,77+,78+,79+,80+,83-,84-/m1/s1. The molecule has 0 spiro atoms. The molecule has 117 heavy (non-hydrogen) atoms. The second kappa shape index (κ2) is 49.1. The molecule has 31 nitrogen and oxygen atoms in total. The number of aliphatic hydroxyl groups is 4. The molecule has 2 aliphatic heterocycles. The maximum Gasteiger partial charge on any atom is 0.472 e. The molecule has 2 aliphatic rings. The highest BCUT2D eigenvalue weighted by Gasteiger charge is 2.59. The molecule has 0 amide bonds. The fourth-order valence-electron chi connectivity index (χ4n) is 14.9. The van der Waals surface area contributed by atoms with Crippen LogP contribution in [0.25, 0.3) is 11.0 Å². The van der Waals surface area contributed by atoms with Crippen molar-refractivity contribution in [2.45, 2.75) is 318 Å². The van der Waals surface area contributed by atoms with Crippen LogP contribution in [0.5, 0.6) is 28.7 Å². The van der Waals surface area contributed by atoms with E-state index in [2.05, 4.69) is 39.2 Å². The normalized spacial score (nSPS) is 20.8. The van der Waals surface area contributed by atoms with Gasteiger partial charge in [-0.15, -0.1) is 0 Å². The van der Waals surface area contributed by atoms with Gasteiger partial charge in [-0.1, -0.05) is 206 Å². The van der Waals surface area contributed by atoms with Gasteiger partial charge < -0.3 is 74.8 Å². The summed E-state index contributed by atoms with van der Waals surface area (Å²) in [4.78, 5) is 30.0. The minimum atomic E-state index is -4.99. The number of nitrogens with two attached hydrogens (primary N) is 2. The van der Waals surface area contributed by atoms with Crippen LogP contribution in [0.2, 0.25) is 0 Å². The van der Waals surface area contributed by atoms with Crippen LogP contribution in [0, 0.1) is 45.3 Å². The number of anilines is 2. The lowest BCUT2D eigenvalue weighted by Gasteiger charge is -2.26. The van der Waals surface area contributed by atoms with Crippen LogP contribution >= 0.6 is 15.6 Å². The van der Waals surface area contributed by atoms with E-state index in [0.29, 0.717) is 66.1 Å². The zero-order valence-corrected chi connectivity index (χ0v) is 70.3. The van der Waals surface area contributed by atoms with E-state index in [-0.39, 0.29) is 46.2 Å². The lowest BCUT2D eigenvalue weighted by Crippen LogP contribution is -2.45. The zero-order valence-electron chi connectivity index (χ0n) is 68.6. The quantitative estimate of drug-likeness (QED) is 0.0130. The Hall–Kier alpha value is -7.78. The smallest absolute Gasteiger partial charge is 0.472 e. The lowest BCUT2D eigenvalue weighted by molar-refractivity contribution is -0.0750. The molecule has 6 aromatic rings. The van der Waals surface area contributed by atoms with Crippen molar-refractivity contribution < 1.29 is 90.6 Å². The number of phosphoric ester groups is 2. The number of aliphatic hydroxyl groups excluding tert-OH is 4. The van der Waals surface area contributed by atoms with E-state index in [1.54, 1.807) is 54.6 Å². The van der Waals surface area contributed by atoms with E-state index in [1.165, 1.54) is 138 Å². The molecule has 2 fully saturated rings. The van der Waals surface area contributed by atoms with Crippen molar-refractivity contribution in [2.24, 2.45) is 0 Å². The van der Waals surface area contributed by atoms with E-state index >= 15 is 0 Å². The maximum absolute atomic E-state index is 13.7. The van der Waals surface area contributed by atoms with Gasteiger partial charge in [0.2, 0.25) is 11.2 Å². The van der Waals surface area contributed by atoms with Crippen molar-refractivity contribution in [3.8, 4) is 53.0 Å². The Labute approximate surface area is 688 Å². The Balaban J connectivity index is 0.713. The van der Waals surface area contributed by atoms with Crippen molar-refractivity contribution in [3.63, 3.8) is 0 Å². The van der Waals surface area contributed by atoms with Crippen molar-refractivity contribution in [3.05, 3.63) is 89.8 Å². The van der Waals surface area contributed by atoms with Crippen molar-refractivity contribution in [2.75, 3.05) is 51.6 Å². The first-order valence-electron chi connectivity index (χ1n) is 42.1. The van der Waals surface area contributed by atoms with E-state index in [4.69, 9.17) is 62.7 Å². The molecule has 12 atom stereocenters. The van der Waals surface area contributed by atoms with Gasteiger partial charge in [-0.25, -0.2) is 28.1 Å². The van der Waals surface area contributed by atoms with Crippen molar-refractivity contribution >= 4 is 38.3 Å². The zero-order chi connectivity index (χ0) is 84.1. The summed E-state index contributed by atoms with van der Waals surface area (Å²) in [5.74, 6) is 1.77. The summed E-state index contributed by atoms with van der Waals surface area (Å²) >= 11 is 0. The van der Waals surface area contributed by atoms with Gasteiger partial charge in [0.15, 0.2) is 11.6 Å². The Morgan fingerprint density at radius 3 is 1.26 bits per heavy atom. The lowest BCUT2D eigenvalue weighted by atomic mass is 9.96. The van der Waals surface area contributed by atoms with Crippen LogP contribution in [-0.2, 0) is 36.7 Å². The van der Waals surface area contributed by atoms with Gasteiger partial charge in [-0.3, -0.25) is 18.1 Å². The van der Waals surface area contributed by atoms with Crippen LogP contribution in [0.3, 0.4) is 0 Å². The highest BCUT2D eigenvalue weighted by atomic mass is 31.2. The number of fused-ring (bicyclic) bond motifs is 2. The van der Waals surface area contributed by atoms with Gasteiger partial charge in [0, 0.05) is 18.2 Å². The highest BCUT2D eigenvalue weighted by molar-refractivity contribution is 7.47. The first-order chi connectivity index (χ1) is 56.5. The van der Waals surface area contributed by atoms with Gasteiger partial charge in [0.05, 0.1) is 50.0 Å². The van der Waals surface area contributed by atoms with E-state index in [1.807, 2.05) is 26.0 Å². The largest absolute Gasteiger partial charge is 0.495 e. The third-order valence-electron chi connectivity index (χ3n) is 21.6. The number of hydrogen-bond donors (Lipinski definition) is 8. The monoisotopic (exact) mass is 1670 g/mol. The number of aromatic nitrogens is 6. The van der Waals surface area contributed by atoms with E-state index < -0.39 is 102 Å². The summed E-state index contributed by atoms with van der Waals surface area (Å²) < 4.78 is 93.9. The SMILES string of the molecule is CCCCCCCCCCCCCCCCCCC[C@H](COP(=O)(O)OC[C@@]1(C#N)O[C@@H](c2ccc3c(N)ncnn23)[C@H](O)[C@@H]1O)Oc1cc(OC)c(C#N)c(OCCCCCCCCCCCCCCCCCCC[C@H](COP(=O)(O)OC[C@@]2(C#N)O[C@@H](c3ccc4c(N)ncnn34)[C@H](O)[C@@H]2O)Oc2ccc(C#N)c(OC(C)C)c2)c1. The van der Waals surface area contributed by atoms with Crippen LogP contribution < -0.4 is 35.2 Å². The molecule has 10 N–H and O–H groups in total. The molecular weight excluding hydrogens is 1540 g/mol. The van der Waals surface area contributed by atoms with Gasteiger partial charge in [0.25, 0.3) is 0 Å². The molecule has 2 aromatic carbocycles. The summed E-state index contributed by atoms with van der Waals surface area (Å²) in [5, 5.41) is 93.4. The van der Waals surface area contributed by atoms with Crippen LogP contribution in [0.15, 0.2) is 67.3 Å². The van der Waals surface area contributed by atoms with Gasteiger partial charge in [-0.05, 0) is 82.3 Å². The molecule has 0 bridgehead atoms. The predicted molar refractivity (Wildman–Crippen MR) is 437 cm³/mol. The molecule has 0 radical (unpaired) electrons. The number of hydrogen-bond acceptors (Lipinski definition) is 27. The fourth-order valence-corrected chi connectivity index (χ4v) is 16.5. The minimum absolute atomic E-state index is 0.147. The number of nitrogen functional groups attached to an aromatic ring is 2. The summed E-state index contributed by atoms with van der Waals surface area (Å²) in [6, 6.07) is 22.2. The summed E-state index contributed by atoms with van der Waals surface area (Å²) in [5.41, 5.74) is 9.21. The van der Waals surface area contributed by atoms with E-state index in [9.17, 15) is 60.4 Å². The molecule has 644 valence electrons. The number of ether oxygens (including phenoxy) is 7. The van der Waals surface area contributed by atoms with Crippen LogP contribution in [0.4, 0.5) is 11.6 Å². The second-order valence-electron chi connectivity index (χ2n) is 31.0. The third-order valence-corrected chi connectivity index (χ3v) is 23.4. The van der Waals surface area contributed by atoms with Crippen molar-refractivity contribution in [1.29, 1.82) is 21.0 Å². The molecule has 0 saturated carbocycles. The number of unbranched alkanes of at least 4 members (excludes halogenated alkanes) is 32. The number of nitriles is 4. The van der Waals surface area contributed by atoms with Crippen molar-refractivity contribution in [1.82, 2.24) is 29.2 Å². The number of nitrogens with zero attached hydrogens (tertiary/aromatic N) is 10. The number of rotatable bonds is 60. The molecule has 8 rings (SSSR count). The molecule has 33 heteroatoms. The van der Waals surface area contributed by atoms with Gasteiger partial charge >= 0.3 is 15.6 Å². The predicted octanol–water partition coefficient (Wildman–Crippen LogP) is 15.9. The molecule has 2 saturated heterocycles. The number of phosphoric acid groups is 2. The molecule has 4 aromatic heterocycles. The van der Waals surface area contributed by atoms with Crippen LogP contribution in [0.1, 0.15) is 287 Å². The number of benzene rings is 2. The fraction of sp³-hybridized carbons (Fsp3) is 0.667. The third kappa shape index (κ3) is 29.0. The highest BCUT2D eigenvalue weighted by Crippen LogP contribution is 2.50. The average Bonchev–Trinajstić information content (AvgIpc) is 1.61. The Morgan fingerprint density at radius 2 is 0.880 bits per heavy atom. The molecule has 2 unspecified atom stereocenters. The van der Waals surface area contributed by atoms with Gasteiger partial charge in [-0.2, -0.15) is 31.2 Å².